The second kappa shape index (κ2) is 4.54. The zero-order valence-electron chi connectivity index (χ0n) is 8.84. The van der Waals surface area contributed by atoms with Crippen LogP contribution in [-0.2, 0) is 13.2 Å². The van der Waals surface area contributed by atoms with Gasteiger partial charge in [-0.05, 0) is 30.8 Å². The summed E-state index contributed by atoms with van der Waals surface area (Å²) in [6.45, 7) is 2.38. The van der Waals surface area contributed by atoms with Gasteiger partial charge in [-0.25, -0.2) is 0 Å². The topological polar surface area (TPSA) is 66.7 Å². The van der Waals surface area contributed by atoms with Crippen molar-refractivity contribution >= 4 is 12.2 Å². The number of H-pyrrole nitrogens is 1. The molecule has 0 aliphatic rings. The number of rotatable bonds is 3. The van der Waals surface area contributed by atoms with E-state index in [0.29, 0.717) is 17.1 Å². The first kappa shape index (κ1) is 11.0. The van der Waals surface area contributed by atoms with Crippen molar-refractivity contribution in [2.24, 2.45) is 0 Å². The Morgan fingerprint density at radius 2 is 2.38 bits per heavy atom. The summed E-state index contributed by atoms with van der Waals surface area (Å²) in [7, 11) is 0. The Labute approximate surface area is 97.8 Å². The molecule has 5 nitrogen and oxygen atoms in total. The molecule has 2 aromatic rings. The van der Waals surface area contributed by atoms with Crippen LogP contribution in [0.5, 0.6) is 0 Å². The number of nitrogens with one attached hydrogen (secondary N) is 1. The Morgan fingerprint density at radius 1 is 1.56 bits per heavy atom. The minimum absolute atomic E-state index is 0.140. The van der Waals surface area contributed by atoms with Gasteiger partial charge in [0.25, 0.3) is 0 Å². The van der Waals surface area contributed by atoms with Crippen molar-refractivity contribution in [3.63, 3.8) is 0 Å². The average Bonchev–Trinajstić information content (AvgIpc) is 2.63. The summed E-state index contributed by atoms with van der Waals surface area (Å²) >= 11 is 5.09. The lowest BCUT2D eigenvalue weighted by atomic mass is 10.2. The lowest BCUT2D eigenvalue weighted by Gasteiger charge is -2.06. The molecular weight excluding hydrogens is 224 g/mol. The number of hydrogen-bond acceptors (Lipinski definition) is 4. The quantitative estimate of drug-likeness (QED) is 0.785. The van der Waals surface area contributed by atoms with Gasteiger partial charge in [0.2, 0.25) is 0 Å². The Hall–Kier alpha value is -1.53. The predicted molar refractivity (Wildman–Crippen MR) is 61.4 cm³/mol. The molecule has 0 spiro atoms. The van der Waals surface area contributed by atoms with E-state index in [1.807, 2.05) is 19.1 Å². The van der Waals surface area contributed by atoms with E-state index in [1.54, 1.807) is 10.8 Å². The molecule has 2 heterocycles. The van der Waals surface area contributed by atoms with E-state index in [2.05, 4.69) is 15.2 Å². The molecule has 0 aliphatic carbocycles. The summed E-state index contributed by atoms with van der Waals surface area (Å²) in [5.74, 6) is 0.523. The van der Waals surface area contributed by atoms with E-state index < -0.39 is 0 Å². The normalized spacial score (nSPS) is 10.6. The summed E-state index contributed by atoms with van der Waals surface area (Å²) in [4.78, 5) is 4.28. The minimum atomic E-state index is -0.140. The fraction of sp³-hybridized carbons (Fsp3) is 0.300. The molecular formula is C10H12N4OS. The van der Waals surface area contributed by atoms with Crippen molar-refractivity contribution < 1.29 is 5.11 Å². The van der Waals surface area contributed by atoms with Crippen LogP contribution in [0.15, 0.2) is 18.3 Å². The van der Waals surface area contributed by atoms with E-state index in [9.17, 15) is 0 Å². The lowest BCUT2D eigenvalue weighted by molar-refractivity contribution is 0.265. The Kier molecular flexibility index (Phi) is 3.12. The molecule has 2 aromatic heterocycles. The van der Waals surface area contributed by atoms with Crippen LogP contribution < -0.4 is 0 Å². The van der Waals surface area contributed by atoms with Crippen LogP contribution in [0.2, 0.25) is 0 Å². The van der Waals surface area contributed by atoms with E-state index >= 15 is 0 Å². The molecule has 16 heavy (non-hydrogen) atoms. The van der Waals surface area contributed by atoms with Gasteiger partial charge < -0.3 is 5.11 Å². The van der Waals surface area contributed by atoms with Crippen LogP contribution in [0, 0.1) is 11.7 Å². The fourth-order valence-electron chi connectivity index (χ4n) is 1.47. The van der Waals surface area contributed by atoms with Gasteiger partial charge in [-0.15, -0.1) is 0 Å². The summed E-state index contributed by atoms with van der Waals surface area (Å²) < 4.78 is 2.24. The average molecular weight is 236 g/mol. The highest BCUT2D eigenvalue weighted by Crippen LogP contribution is 2.07. The third-order valence-corrected chi connectivity index (χ3v) is 2.72. The molecule has 2 N–H and O–H groups in total. The first-order chi connectivity index (χ1) is 7.72. The predicted octanol–water partition coefficient (Wildman–Crippen LogP) is 1.18. The highest BCUT2D eigenvalue weighted by molar-refractivity contribution is 7.71. The molecule has 0 atom stereocenters. The Bertz CT molecular complexity index is 546. The van der Waals surface area contributed by atoms with Gasteiger partial charge in [0.15, 0.2) is 10.6 Å². The van der Waals surface area contributed by atoms with E-state index in [1.165, 1.54) is 0 Å². The Morgan fingerprint density at radius 3 is 3.06 bits per heavy atom. The number of pyridine rings is 1. The van der Waals surface area contributed by atoms with E-state index in [-0.39, 0.29) is 6.61 Å². The number of nitrogens with zero attached hydrogens (tertiary/aromatic N) is 3. The second-order valence-electron chi connectivity index (χ2n) is 3.46. The summed E-state index contributed by atoms with van der Waals surface area (Å²) in [6.07, 6.45) is 1.74. The smallest absolute Gasteiger partial charge is 0.195 e. The Balaban J connectivity index is 2.37. The first-order valence-corrected chi connectivity index (χ1v) is 5.28. The molecule has 0 saturated carbocycles. The van der Waals surface area contributed by atoms with Crippen molar-refractivity contribution in [2.45, 2.75) is 20.1 Å². The molecule has 0 radical (unpaired) electrons. The number of aromatic nitrogens is 4. The van der Waals surface area contributed by atoms with Gasteiger partial charge in [0, 0.05) is 6.20 Å². The monoisotopic (exact) mass is 236 g/mol. The second-order valence-corrected chi connectivity index (χ2v) is 3.84. The standard InChI is InChI=1S/C10H12N4OS/c1-7-3-2-4-11-8(7)5-14-9(6-15)12-13-10(14)16/h2-4,15H,5-6H2,1H3,(H,13,16). The summed E-state index contributed by atoms with van der Waals surface area (Å²) in [6, 6.07) is 3.88. The SMILES string of the molecule is Cc1cccnc1Cn1c(CO)n[nH]c1=S. The molecule has 0 aromatic carbocycles. The van der Waals surface area contributed by atoms with Crippen molar-refractivity contribution in [1.29, 1.82) is 0 Å². The molecule has 84 valence electrons. The molecule has 0 saturated heterocycles. The van der Waals surface area contributed by atoms with Crippen LogP contribution in [0.4, 0.5) is 0 Å². The van der Waals surface area contributed by atoms with Gasteiger partial charge in [-0.2, -0.15) is 5.10 Å². The number of aliphatic hydroxyl groups excluding tert-OH is 1. The van der Waals surface area contributed by atoms with Crippen LogP contribution in [0.25, 0.3) is 0 Å². The molecule has 6 heteroatoms. The number of aliphatic hydroxyl groups is 1. The third-order valence-electron chi connectivity index (χ3n) is 2.40. The van der Waals surface area contributed by atoms with Gasteiger partial charge in [-0.3, -0.25) is 14.6 Å². The largest absolute Gasteiger partial charge is 0.388 e. The van der Waals surface area contributed by atoms with Crippen LogP contribution in [-0.4, -0.2) is 24.9 Å². The van der Waals surface area contributed by atoms with Gasteiger partial charge >= 0.3 is 0 Å². The zero-order valence-corrected chi connectivity index (χ0v) is 9.66. The van der Waals surface area contributed by atoms with Gasteiger partial charge in [-0.1, -0.05) is 6.07 Å². The van der Waals surface area contributed by atoms with Crippen molar-refractivity contribution in [3.8, 4) is 0 Å². The highest BCUT2D eigenvalue weighted by atomic mass is 32.1. The molecule has 0 bridgehead atoms. The number of aromatic amines is 1. The van der Waals surface area contributed by atoms with Crippen molar-refractivity contribution in [3.05, 3.63) is 40.2 Å². The van der Waals surface area contributed by atoms with Gasteiger partial charge in [0.05, 0.1) is 12.2 Å². The van der Waals surface area contributed by atoms with Crippen LogP contribution >= 0.6 is 12.2 Å². The maximum absolute atomic E-state index is 9.11. The van der Waals surface area contributed by atoms with Crippen LogP contribution in [0.3, 0.4) is 0 Å². The molecule has 2 rings (SSSR count). The van der Waals surface area contributed by atoms with Crippen LogP contribution in [0.1, 0.15) is 17.1 Å². The molecule has 0 amide bonds. The third kappa shape index (κ3) is 2.02. The first-order valence-electron chi connectivity index (χ1n) is 4.88. The lowest BCUT2D eigenvalue weighted by Crippen LogP contribution is -2.08. The van der Waals surface area contributed by atoms with E-state index in [0.717, 1.165) is 11.3 Å². The van der Waals surface area contributed by atoms with Crippen molar-refractivity contribution in [1.82, 2.24) is 19.7 Å². The maximum atomic E-state index is 9.11. The number of hydrogen-bond donors (Lipinski definition) is 2. The fourth-order valence-corrected chi connectivity index (χ4v) is 1.68. The molecule has 0 fully saturated rings. The van der Waals surface area contributed by atoms with E-state index in [4.69, 9.17) is 17.3 Å². The summed E-state index contributed by atoms with van der Waals surface area (Å²) in [5.41, 5.74) is 2.02. The summed E-state index contributed by atoms with van der Waals surface area (Å²) in [5, 5.41) is 15.7. The van der Waals surface area contributed by atoms with Gasteiger partial charge in [0.1, 0.15) is 6.61 Å². The number of aryl methyl sites for hydroxylation is 1. The molecule has 0 unspecified atom stereocenters. The highest BCUT2D eigenvalue weighted by Gasteiger charge is 2.07. The molecule has 0 aliphatic heterocycles. The zero-order chi connectivity index (χ0) is 11.5. The minimum Gasteiger partial charge on any atom is -0.388 e. The van der Waals surface area contributed by atoms with Crippen molar-refractivity contribution in [2.75, 3.05) is 0 Å². The maximum Gasteiger partial charge on any atom is 0.195 e.